The van der Waals surface area contributed by atoms with Crippen molar-refractivity contribution in [3.05, 3.63) is 41.1 Å². The highest BCUT2D eigenvalue weighted by atomic mass is 16.5. The lowest BCUT2D eigenvalue weighted by Gasteiger charge is -2.16. The highest BCUT2D eigenvalue weighted by molar-refractivity contribution is 5.93. The van der Waals surface area contributed by atoms with Gasteiger partial charge in [0.25, 0.3) is 0 Å². The van der Waals surface area contributed by atoms with Gasteiger partial charge >= 0.3 is 11.9 Å². The number of hydrogen-bond acceptors (Lipinski definition) is 9. The van der Waals surface area contributed by atoms with Crippen molar-refractivity contribution in [1.29, 1.82) is 0 Å². The fourth-order valence-electron chi connectivity index (χ4n) is 4.82. The van der Waals surface area contributed by atoms with Crippen LogP contribution >= 0.6 is 0 Å². The van der Waals surface area contributed by atoms with Crippen LogP contribution in [0.4, 0.5) is 0 Å². The van der Waals surface area contributed by atoms with Crippen LogP contribution in [0.3, 0.4) is 0 Å². The maximum atomic E-state index is 12.3. The first-order chi connectivity index (χ1) is 17.5. The normalized spacial score (nSPS) is 18.4. The Kier molecular flexibility index (Phi) is 7.08. The largest absolute Gasteiger partial charge is 0.462 e. The summed E-state index contributed by atoms with van der Waals surface area (Å²) in [5, 5.41) is 19.5. The Morgan fingerprint density at radius 2 is 1.97 bits per heavy atom. The molecule has 11 nitrogen and oxygen atoms in total. The number of carbonyl (C=O) groups excluding carboxylic acids is 2. The lowest BCUT2D eigenvalue weighted by Crippen LogP contribution is -2.14. The Bertz CT molecular complexity index is 1220. The molecule has 0 radical (unpaired) electrons. The van der Waals surface area contributed by atoms with Gasteiger partial charge in [0.05, 0.1) is 12.3 Å². The maximum Gasteiger partial charge on any atom is 0.341 e. The second-order valence-electron chi connectivity index (χ2n) is 9.31. The number of nitrogens with one attached hydrogen (secondary N) is 1. The molecule has 2 heterocycles. The predicted molar refractivity (Wildman–Crippen MR) is 127 cm³/mol. The number of nitrogens with zero attached hydrogens (tertiary/aromatic N) is 5. The molecule has 0 saturated heterocycles. The molecule has 0 aliphatic heterocycles. The summed E-state index contributed by atoms with van der Waals surface area (Å²) < 4.78 is 18.4. The van der Waals surface area contributed by atoms with Gasteiger partial charge in [-0.2, -0.15) is 10.3 Å². The van der Waals surface area contributed by atoms with E-state index in [1.807, 2.05) is 11.6 Å². The zero-order valence-electron chi connectivity index (χ0n) is 20.5. The zero-order chi connectivity index (χ0) is 25.1. The summed E-state index contributed by atoms with van der Waals surface area (Å²) in [6, 6.07) is 6.56. The molecule has 1 N–H and O–H groups in total. The number of esters is 2. The molecule has 3 aromatic rings. The zero-order valence-corrected chi connectivity index (χ0v) is 20.5. The van der Waals surface area contributed by atoms with E-state index >= 15 is 0 Å². The second kappa shape index (κ2) is 10.6. The summed E-state index contributed by atoms with van der Waals surface area (Å²) in [6.07, 6.45) is 5.49. The van der Waals surface area contributed by atoms with Gasteiger partial charge < -0.3 is 14.2 Å². The summed E-state index contributed by atoms with van der Waals surface area (Å²) in [7, 11) is 0. The molecule has 2 aromatic heterocycles. The lowest BCUT2D eigenvalue weighted by molar-refractivity contribution is -0.131. The Labute approximate surface area is 208 Å². The average molecular weight is 495 g/mol. The van der Waals surface area contributed by atoms with Gasteiger partial charge in [0.15, 0.2) is 0 Å². The molecular formula is C25H30N6O5. The van der Waals surface area contributed by atoms with Crippen molar-refractivity contribution in [1.82, 2.24) is 30.4 Å². The van der Waals surface area contributed by atoms with E-state index in [9.17, 15) is 9.59 Å². The molecule has 0 spiro atoms. The van der Waals surface area contributed by atoms with Crippen molar-refractivity contribution in [3.63, 3.8) is 0 Å². The Morgan fingerprint density at radius 1 is 1.17 bits per heavy atom. The van der Waals surface area contributed by atoms with E-state index in [0.29, 0.717) is 25.0 Å². The number of rotatable bonds is 12. The number of H-pyrrole nitrogens is 1. The number of unbranched alkanes of at least 4 members (excludes halogenated alkanes) is 3. The van der Waals surface area contributed by atoms with Crippen LogP contribution in [0.5, 0.6) is 5.75 Å². The van der Waals surface area contributed by atoms with Gasteiger partial charge in [0.1, 0.15) is 23.2 Å². The number of aromatic amines is 1. The van der Waals surface area contributed by atoms with E-state index in [0.717, 1.165) is 43.7 Å². The molecule has 2 aliphatic carbocycles. The second-order valence-corrected chi connectivity index (χ2v) is 9.31. The summed E-state index contributed by atoms with van der Waals surface area (Å²) in [5.41, 5.74) is 3.56. The van der Waals surface area contributed by atoms with Gasteiger partial charge in [0.2, 0.25) is 5.82 Å². The van der Waals surface area contributed by atoms with Crippen molar-refractivity contribution in [2.45, 2.75) is 64.5 Å². The van der Waals surface area contributed by atoms with Crippen LogP contribution in [0.25, 0.3) is 11.5 Å². The van der Waals surface area contributed by atoms with Gasteiger partial charge in [-0.05, 0) is 62.3 Å². The fraction of sp³-hybridized carbons (Fsp3) is 0.520. The highest BCUT2D eigenvalue weighted by Crippen LogP contribution is 2.57. The molecule has 0 bridgehead atoms. The van der Waals surface area contributed by atoms with Crippen LogP contribution in [0.1, 0.15) is 79.7 Å². The van der Waals surface area contributed by atoms with Crippen molar-refractivity contribution >= 4 is 11.9 Å². The van der Waals surface area contributed by atoms with Crippen molar-refractivity contribution in [3.8, 4) is 17.3 Å². The summed E-state index contributed by atoms with van der Waals surface area (Å²) in [4.78, 5) is 23.5. The van der Waals surface area contributed by atoms with Crippen molar-refractivity contribution in [2.75, 3.05) is 13.2 Å². The number of para-hydroxylation sites is 1. The van der Waals surface area contributed by atoms with Crippen LogP contribution in [0.15, 0.2) is 24.3 Å². The van der Waals surface area contributed by atoms with E-state index in [2.05, 4.69) is 20.6 Å². The van der Waals surface area contributed by atoms with Crippen LogP contribution in [0.2, 0.25) is 0 Å². The smallest absolute Gasteiger partial charge is 0.341 e. The predicted octanol–water partition coefficient (Wildman–Crippen LogP) is 3.60. The molecule has 1 saturated carbocycles. The van der Waals surface area contributed by atoms with Gasteiger partial charge in [-0.1, -0.05) is 18.6 Å². The molecule has 1 unspecified atom stereocenters. The van der Waals surface area contributed by atoms with Gasteiger partial charge in [0, 0.05) is 25.0 Å². The van der Waals surface area contributed by atoms with Crippen LogP contribution in [0, 0.1) is 5.92 Å². The molecule has 1 fully saturated rings. The molecular weight excluding hydrogens is 464 g/mol. The fourth-order valence-corrected chi connectivity index (χ4v) is 4.82. The molecule has 11 heteroatoms. The average Bonchev–Trinajstić information content (AvgIpc) is 3.18. The van der Waals surface area contributed by atoms with Crippen molar-refractivity contribution < 1.29 is 23.8 Å². The Hall–Kier alpha value is -3.60. The number of fused-ring (bicyclic) bond motifs is 3. The van der Waals surface area contributed by atoms with E-state index in [-0.39, 0.29) is 17.5 Å². The van der Waals surface area contributed by atoms with Gasteiger partial charge in [-0.25, -0.2) is 9.48 Å². The lowest BCUT2D eigenvalue weighted by atomic mass is 10.1. The van der Waals surface area contributed by atoms with E-state index in [1.54, 1.807) is 24.3 Å². The molecule has 36 heavy (non-hydrogen) atoms. The standard InChI is InChI=1S/C25H30N6O5/c1-15(31-23(24-26-29-30-27-24)20-14-17-13-19(17)22(20)28-31)34-11-7-3-4-8-12-35-25(33)18-9-5-6-10-21(18)36-16(2)32/h5-6,9-10,15,17,19H,3-4,7-8,11-14H2,1-2H3,(H,26,27,29,30)/t15?,17-,19-/m1/s1. The van der Waals surface area contributed by atoms with Gasteiger partial charge in [-0.3, -0.25) is 4.79 Å². The molecule has 2 aliphatic rings. The van der Waals surface area contributed by atoms with Gasteiger partial charge in [-0.15, -0.1) is 10.2 Å². The molecule has 3 atom stereocenters. The number of tetrazole rings is 1. The Balaban J connectivity index is 1.03. The number of hydrogen-bond donors (Lipinski definition) is 1. The van der Waals surface area contributed by atoms with Crippen LogP contribution in [-0.4, -0.2) is 55.6 Å². The van der Waals surface area contributed by atoms with E-state index < -0.39 is 11.9 Å². The minimum atomic E-state index is -0.495. The summed E-state index contributed by atoms with van der Waals surface area (Å²) in [5.74, 6) is 1.09. The molecule has 190 valence electrons. The molecule has 0 amide bonds. The quantitative estimate of drug-likeness (QED) is 0.228. The highest BCUT2D eigenvalue weighted by Gasteiger charge is 2.49. The van der Waals surface area contributed by atoms with E-state index in [1.165, 1.54) is 24.6 Å². The third-order valence-corrected chi connectivity index (χ3v) is 6.67. The summed E-state index contributed by atoms with van der Waals surface area (Å²) >= 11 is 0. The third-order valence-electron chi connectivity index (χ3n) is 6.67. The molecule has 1 aromatic carbocycles. The first kappa shape index (κ1) is 24.1. The minimum absolute atomic E-state index is 0.211. The van der Waals surface area contributed by atoms with Crippen molar-refractivity contribution in [2.24, 2.45) is 5.92 Å². The number of carbonyl (C=O) groups is 2. The third kappa shape index (κ3) is 5.15. The number of aromatic nitrogens is 6. The SMILES string of the molecule is CC(=O)Oc1ccccc1C(=O)OCCCCCCOC(C)n1nc2c(c1-c1nn[nH]n1)C[C@H]1C[C@@H]21. The van der Waals surface area contributed by atoms with Crippen LogP contribution in [-0.2, 0) is 20.7 Å². The number of benzene rings is 1. The Morgan fingerprint density at radius 3 is 2.75 bits per heavy atom. The summed E-state index contributed by atoms with van der Waals surface area (Å²) in [6.45, 7) is 4.19. The topological polar surface area (TPSA) is 134 Å². The maximum absolute atomic E-state index is 12.3. The van der Waals surface area contributed by atoms with Crippen LogP contribution < -0.4 is 4.74 Å². The van der Waals surface area contributed by atoms with E-state index in [4.69, 9.17) is 19.3 Å². The monoisotopic (exact) mass is 494 g/mol. The number of ether oxygens (including phenoxy) is 3. The minimum Gasteiger partial charge on any atom is -0.462 e. The first-order valence-corrected chi connectivity index (χ1v) is 12.4. The molecule has 5 rings (SSSR count). The first-order valence-electron chi connectivity index (χ1n) is 12.4.